The minimum absolute atomic E-state index is 2.56. The Labute approximate surface area is 73.4 Å². The molecule has 4 nitrogen and oxygen atoms in total. The summed E-state index contributed by atoms with van der Waals surface area (Å²) >= 11 is 0. The number of rotatable bonds is 2. The average Bonchev–Trinajstić information content (AvgIpc) is 2.12. The Kier molecular flexibility index (Phi) is 1.84. The van der Waals surface area contributed by atoms with Gasteiger partial charge >= 0.3 is 23.3 Å². The van der Waals surface area contributed by atoms with Crippen molar-refractivity contribution in [3.63, 3.8) is 0 Å². The Morgan fingerprint density at radius 2 is 1.14 bits per heavy atom. The zero-order chi connectivity index (χ0) is 11.3. The molecular weight excluding hydrogens is 212 g/mol. The molecule has 0 radical (unpaired) electrons. The van der Waals surface area contributed by atoms with E-state index in [4.69, 9.17) is 10.2 Å². The quantitative estimate of drug-likeness (QED) is 0.664. The lowest BCUT2D eigenvalue weighted by Gasteiger charge is -2.37. The molecule has 1 aliphatic carbocycles. The molecule has 0 aliphatic heterocycles. The Hall–Kier alpha value is -1.60. The van der Waals surface area contributed by atoms with E-state index in [0.717, 1.165) is 0 Å². The van der Waals surface area contributed by atoms with Crippen LogP contribution < -0.4 is 0 Å². The van der Waals surface area contributed by atoms with Gasteiger partial charge < -0.3 is 10.2 Å². The van der Waals surface area contributed by atoms with Crippen molar-refractivity contribution in [2.45, 2.75) is 11.3 Å². The summed E-state index contributed by atoms with van der Waals surface area (Å²) in [5.41, 5.74) is -8.97. The van der Waals surface area contributed by atoms with Crippen LogP contribution in [0, 0.1) is 0 Å². The van der Waals surface area contributed by atoms with Crippen LogP contribution >= 0.6 is 0 Å². The molecule has 78 valence electrons. The van der Waals surface area contributed by atoms with Crippen molar-refractivity contribution in [3.8, 4) is 0 Å². The van der Waals surface area contributed by atoms with Gasteiger partial charge in [-0.3, -0.25) is 0 Å². The van der Waals surface area contributed by atoms with E-state index in [2.05, 4.69) is 0 Å². The molecule has 0 saturated heterocycles. The lowest BCUT2D eigenvalue weighted by Crippen LogP contribution is -2.66. The molecule has 0 aromatic rings. The van der Waals surface area contributed by atoms with E-state index >= 15 is 0 Å². The highest BCUT2D eigenvalue weighted by Gasteiger charge is 2.80. The predicted octanol–water partition coefficient (Wildman–Crippen LogP) is 0.736. The monoisotopic (exact) mass is 214 g/mol. The number of hydrogen-bond acceptors (Lipinski definition) is 2. The number of aliphatic carboxylic acids is 2. The van der Waals surface area contributed by atoms with Gasteiger partial charge in [0.25, 0.3) is 0 Å². The third-order valence-corrected chi connectivity index (χ3v) is 1.86. The highest BCUT2D eigenvalue weighted by atomic mass is 19.2. The molecule has 2 unspecified atom stereocenters. The van der Waals surface area contributed by atoms with E-state index < -0.39 is 34.9 Å². The summed E-state index contributed by atoms with van der Waals surface area (Å²) in [5, 5.41) is 16.1. The van der Waals surface area contributed by atoms with Gasteiger partial charge in [-0.25, -0.2) is 27.2 Å². The first-order valence-corrected chi connectivity index (χ1v) is 3.11. The van der Waals surface area contributed by atoms with Gasteiger partial charge in [-0.1, -0.05) is 0 Å². The van der Waals surface area contributed by atoms with Crippen LogP contribution in [-0.2, 0) is 9.59 Å². The predicted molar refractivity (Wildman–Crippen MR) is 32.2 cm³/mol. The molecule has 0 aromatic carbocycles. The van der Waals surface area contributed by atoms with Gasteiger partial charge in [0, 0.05) is 0 Å². The Balaban J connectivity index is 3.39. The summed E-state index contributed by atoms with van der Waals surface area (Å²) < 4.78 is 50.5. The van der Waals surface area contributed by atoms with Gasteiger partial charge in [0.2, 0.25) is 0 Å². The lowest BCUT2D eigenvalue weighted by atomic mass is 9.73. The van der Waals surface area contributed by atoms with Crippen LogP contribution in [0.3, 0.4) is 0 Å². The number of carbonyl (C=O) groups is 2. The van der Waals surface area contributed by atoms with Gasteiger partial charge in [0.15, 0.2) is 11.7 Å². The van der Waals surface area contributed by atoms with Crippen LogP contribution in [0.4, 0.5) is 17.6 Å². The van der Waals surface area contributed by atoms with Crippen LogP contribution in [0.2, 0.25) is 0 Å². The molecule has 2 N–H and O–H groups in total. The molecule has 14 heavy (non-hydrogen) atoms. The smallest absolute Gasteiger partial charge is 0.353 e. The molecule has 1 rings (SSSR count). The lowest BCUT2D eigenvalue weighted by molar-refractivity contribution is -0.183. The second-order valence-corrected chi connectivity index (χ2v) is 2.56. The summed E-state index contributed by atoms with van der Waals surface area (Å²) in [6, 6.07) is 0. The van der Waals surface area contributed by atoms with Gasteiger partial charge in [-0.15, -0.1) is 0 Å². The topological polar surface area (TPSA) is 74.6 Å². The molecule has 0 saturated carbocycles. The van der Waals surface area contributed by atoms with E-state index in [1.54, 1.807) is 0 Å². The highest BCUT2D eigenvalue weighted by Crippen LogP contribution is 2.54. The van der Waals surface area contributed by atoms with Crippen molar-refractivity contribution in [2.24, 2.45) is 0 Å². The molecule has 0 heterocycles. The van der Waals surface area contributed by atoms with Gasteiger partial charge in [0.1, 0.15) is 0 Å². The number of carboxylic acids is 2. The SMILES string of the molecule is O=C(O)C1(F)C(F)=C(F)C1(F)C(=O)O. The molecule has 0 amide bonds. The van der Waals surface area contributed by atoms with Gasteiger partial charge in [-0.2, -0.15) is 0 Å². The van der Waals surface area contributed by atoms with E-state index in [1.807, 2.05) is 0 Å². The number of hydrogen-bond donors (Lipinski definition) is 2. The van der Waals surface area contributed by atoms with Crippen LogP contribution in [0.15, 0.2) is 11.7 Å². The molecular formula is C6H2F4O4. The van der Waals surface area contributed by atoms with Crippen molar-refractivity contribution in [2.75, 3.05) is 0 Å². The van der Waals surface area contributed by atoms with Crippen molar-refractivity contribution in [1.82, 2.24) is 0 Å². The summed E-state index contributed by atoms with van der Waals surface area (Å²) in [7, 11) is 0. The second kappa shape index (κ2) is 2.46. The average molecular weight is 214 g/mol. The van der Waals surface area contributed by atoms with Crippen LogP contribution in [0.5, 0.6) is 0 Å². The van der Waals surface area contributed by atoms with Crippen molar-refractivity contribution >= 4 is 11.9 Å². The first kappa shape index (κ1) is 10.5. The molecule has 0 fully saturated rings. The first-order valence-electron chi connectivity index (χ1n) is 3.11. The van der Waals surface area contributed by atoms with E-state index in [1.165, 1.54) is 0 Å². The Morgan fingerprint density at radius 1 is 0.929 bits per heavy atom. The molecule has 8 heteroatoms. The normalized spacial score (nSPS) is 36.6. The standard InChI is InChI=1S/C6H2F4O4/c7-1-2(8)6(10,4(13)14)5(1,9)3(11)12/h(H,11,12)(H,13,14). The maximum Gasteiger partial charge on any atom is 0.353 e. The van der Waals surface area contributed by atoms with Crippen molar-refractivity contribution < 1.29 is 37.4 Å². The summed E-state index contributed by atoms with van der Waals surface area (Å²) in [5.74, 6) is -10.6. The largest absolute Gasteiger partial charge is 0.478 e. The third kappa shape index (κ3) is 0.733. The highest BCUT2D eigenvalue weighted by molar-refractivity contribution is 6.00. The summed E-state index contributed by atoms with van der Waals surface area (Å²) in [4.78, 5) is 20.1. The van der Waals surface area contributed by atoms with E-state index in [0.29, 0.717) is 0 Å². The fourth-order valence-corrected chi connectivity index (χ4v) is 1.02. The van der Waals surface area contributed by atoms with Crippen molar-refractivity contribution in [1.29, 1.82) is 0 Å². The molecule has 0 bridgehead atoms. The van der Waals surface area contributed by atoms with E-state index in [-0.39, 0.29) is 0 Å². The number of alkyl halides is 2. The van der Waals surface area contributed by atoms with Gasteiger partial charge in [-0.05, 0) is 0 Å². The van der Waals surface area contributed by atoms with Gasteiger partial charge in [0.05, 0.1) is 0 Å². The zero-order valence-electron chi connectivity index (χ0n) is 6.22. The number of halogens is 4. The first-order chi connectivity index (χ1) is 6.20. The van der Waals surface area contributed by atoms with Crippen LogP contribution in [0.25, 0.3) is 0 Å². The maximum absolute atomic E-state index is 12.9. The second-order valence-electron chi connectivity index (χ2n) is 2.56. The fraction of sp³-hybridized carbons (Fsp3) is 0.333. The molecule has 1 aliphatic rings. The minimum Gasteiger partial charge on any atom is -0.478 e. The Bertz CT molecular complexity index is 331. The van der Waals surface area contributed by atoms with Crippen LogP contribution in [-0.4, -0.2) is 33.5 Å². The fourth-order valence-electron chi connectivity index (χ4n) is 1.02. The van der Waals surface area contributed by atoms with E-state index in [9.17, 15) is 27.2 Å². The summed E-state index contributed by atoms with van der Waals surface area (Å²) in [6.45, 7) is 0. The molecule has 2 atom stereocenters. The molecule has 0 spiro atoms. The summed E-state index contributed by atoms with van der Waals surface area (Å²) in [6.07, 6.45) is 0. The molecule has 0 aromatic heterocycles. The van der Waals surface area contributed by atoms with Crippen LogP contribution in [0.1, 0.15) is 0 Å². The maximum atomic E-state index is 12.9. The zero-order valence-corrected chi connectivity index (χ0v) is 6.22. The minimum atomic E-state index is -4.48. The Morgan fingerprint density at radius 3 is 1.29 bits per heavy atom. The number of carboxylic acid groups (broad SMARTS) is 2. The third-order valence-electron chi connectivity index (χ3n) is 1.86. The van der Waals surface area contributed by atoms with Crippen molar-refractivity contribution in [3.05, 3.63) is 11.7 Å².